The fraction of sp³-hybridized carbons (Fsp3) is 0.433. The first-order valence-electron chi connectivity index (χ1n) is 14.6. The van der Waals surface area contributed by atoms with Crippen molar-refractivity contribution in [2.45, 2.75) is 18.4 Å². The van der Waals surface area contributed by atoms with E-state index in [1.165, 1.54) is 4.90 Å². The Kier molecular flexibility index (Phi) is 16.8. The van der Waals surface area contributed by atoms with E-state index in [-0.39, 0.29) is 32.0 Å². The molecule has 0 heterocycles. The fourth-order valence-corrected chi connectivity index (χ4v) is 5.71. The van der Waals surface area contributed by atoms with E-state index in [4.69, 9.17) is 19.3 Å². The van der Waals surface area contributed by atoms with Crippen LogP contribution in [0.3, 0.4) is 0 Å². The third-order valence-electron chi connectivity index (χ3n) is 6.97. The van der Waals surface area contributed by atoms with Crippen molar-refractivity contribution in [3.63, 3.8) is 0 Å². The van der Waals surface area contributed by atoms with Gasteiger partial charge in [0, 0.05) is 31.6 Å². The molecule has 0 radical (unpaired) electrons. The lowest BCUT2D eigenvalue weighted by Gasteiger charge is -2.34. The normalized spacial score (nSPS) is 13.4. The van der Waals surface area contributed by atoms with E-state index < -0.39 is 89.6 Å². The van der Waals surface area contributed by atoms with Crippen LogP contribution in [0.2, 0.25) is 0 Å². The minimum absolute atomic E-state index is 0.201. The first kappa shape index (κ1) is 40.0. The molecule has 0 aliphatic rings. The molecule has 2 atom stereocenters. The van der Waals surface area contributed by atoms with Gasteiger partial charge >= 0.3 is 37.7 Å². The number of nitrogens with zero attached hydrogens (tertiary/aromatic N) is 3. The van der Waals surface area contributed by atoms with Crippen LogP contribution in [0.1, 0.15) is 23.5 Å². The molecule has 0 aliphatic heterocycles. The molecule has 0 saturated heterocycles. The van der Waals surface area contributed by atoms with Gasteiger partial charge in [0.2, 0.25) is 0 Å². The van der Waals surface area contributed by atoms with Crippen molar-refractivity contribution >= 4 is 37.7 Å². The number of carboxylic acids is 5. The Morgan fingerprint density at radius 2 is 1.04 bits per heavy atom. The van der Waals surface area contributed by atoms with E-state index in [0.29, 0.717) is 0 Å². The van der Waals surface area contributed by atoms with Crippen molar-refractivity contribution in [1.29, 1.82) is 0 Å². The molecule has 17 nitrogen and oxygen atoms in total. The summed E-state index contributed by atoms with van der Waals surface area (Å²) in [5.74, 6) is -7.12. The Morgan fingerprint density at radius 1 is 0.625 bits per heavy atom. The van der Waals surface area contributed by atoms with Crippen LogP contribution in [0.15, 0.2) is 60.7 Å². The molecule has 0 bridgehead atoms. The van der Waals surface area contributed by atoms with Gasteiger partial charge in [-0.25, -0.2) is 4.57 Å². The van der Waals surface area contributed by atoms with Crippen LogP contribution in [0.5, 0.6) is 0 Å². The summed E-state index contributed by atoms with van der Waals surface area (Å²) in [4.78, 5) is 70.8. The SMILES string of the molecule is O=C(O)CN(CCN(CC(=O)O)CC(COP(=O)(O)OCCC(c1ccccc1)c1ccccc1)N(CC(=O)O)CC(=O)O)CC(=O)O. The molecule has 0 fully saturated rings. The van der Waals surface area contributed by atoms with E-state index in [9.17, 15) is 48.8 Å². The number of phosphoric acid groups is 1. The predicted octanol–water partition coefficient (Wildman–Crippen LogP) is 1.04. The maximum Gasteiger partial charge on any atom is 0.472 e. The smallest absolute Gasteiger partial charge is 0.472 e. The van der Waals surface area contributed by atoms with Crippen LogP contribution in [-0.2, 0) is 37.6 Å². The summed E-state index contributed by atoms with van der Waals surface area (Å²) in [5.41, 5.74) is 1.87. The zero-order valence-corrected chi connectivity index (χ0v) is 26.8. The Hall–Kier alpha value is -4.22. The van der Waals surface area contributed by atoms with Gasteiger partial charge in [-0.2, -0.15) is 0 Å². The van der Waals surface area contributed by atoms with E-state index in [0.717, 1.165) is 20.9 Å². The summed E-state index contributed by atoms with van der Waals surface area (Å²) in [7, 11) is -4.82. The minimum atomic E-state index is -4.82. The number of phosphoric ester groups is 1. The third kappa shape index (κ3) is 16.1. The molecular formula is C30H40N3O14P. The van der Waals surface area contributed by atoms with E-state index in [1.54, 1.807) is 0 Å². The lowest BCUT2D eigenvalue weighted by atomic mass is 9.89. The minimum Gasteiger partial charge on any atom is -0.480 e. The molecular weight excluding hydrogens is 657 g/mol. The molecule has 0 aliphatic carbocycles. The summed E-state index contributed by atoms with van der Waals surface area (Å²) >= 11 is 0. The lowest BCUT2D eigenvalue weighted by Crippen LogP contribution is -2.52. The quantitative estimate of drug-likeness (QED) is 0.0793. The van der Waals surface area contributed by atoms with E-state index >= 15 is 0 Å². The summed E-state index contributed by atoms with van der Waals surface area (Å²) in [6.45, 7) is -5.70. The summed E-state index contributed by atoms with van der Waals surface area (Å²) in [6, 6.07) is 17.5. The number of rotatable bonds is 25. The molecule has 2 unspecified atom stereocenters. The molecule has 6 N–H and O–H groups in total. The molecule has 0 spiro atoms. The van der Waals surface area contributed by atoms with Crippen molar-refractivity contribution in [1.82, 2.24) is 14.7 Å². The monoisotopic (exact) mass is 697 g/mol. The van der Waals surface area contributed by atoms with Crippen LogP contribution in [0.4, 0.5) is 0 Å². The average molecular weight is 698 g/mol. The highest BCUT2D eigenvalue weighted by Crippen LogP contribution is 2.44. The zero-order valence-electron chi connectivity index (χ0n) is 25.9. The van der Waals surface area contributed by atoms with Crippen molar-refractivity contribution in [3.8, 4) is 0 Å². The van der Waals surface area contributed by atoms with Crippen LogP contribution >= 0.6 is 7.82 Å². The molecule has 0 amide bonds. The summed E-state index contributed by atoms with van der Waals surface area (Å²) < 4.78 is 23.4. The molecule has 48 heavy (non-hydrogen) atoms. The third-order valence-corrected chi connectivity index (χ3v) is 7.95. The van der Waals surface area contributed by atoms with Gasteiger partial charge in [0.05, 0.1) is 45.9 Å². The van der Waals surface area contributed by atoms with Gasteiger partial charge in [-0.05, 0) is 17.5 Å². The van der Waals surface area contributed by atoms with Crippen molar-refractivity contribution in [2.75, 3.05) is 65.6 Å². The second-order valence-electron chi connectivity index (χ2n) is 10.7. The van der Waals surface area contributed by atoms with E-state index in [1.807, 2.05) is 60.7 Å². The predicted molar refractivity (Wildman–Crippen MR) is 167 cm³/mol. The highest BCUT2D eigenvalue weighted by Gasteiger charge is 2.31. The number of benzene rings is 2. The van der Waals surface area contributed by atoms with Crippen LogP contribution in [0, 0.1) is 0 Å². The number of hydrogen-bond donors (Lipinski definition) is 6. The Morgan fingerprint density at radius 3 is 1.48 bits per heavy atom. The summed E-state index contributed by atoms with van der Waals surface area (Å²) in [6.07, 6.45) is 0.269. The Balaban J connectivity index is 2.22. The average Bonchev–Trinajstić information content (AvgIpc) is 2.99. The number of aliphatic carboxylic acids is 5. The van der Waals surface area contributed by atoms with Gasteiger partial charge in [0.15, 0.2) is 0 Å². The molecule has 18 heteroatoms. The second kappa shape index (κ2) is 20.2. The number of carboxylic acid groups (broad SMARTS) is 5. The first-order chi connectivity index (χ1) is 22.6. The molecule has 2 rings (SSSR count). The van der Waals surface area contributed by atoms with Crippen LogP contribution in [-0.4, -0.2) is 147 Å². The standard InChI is InChI=1S/C30H40N3O14P/c34-26(35)16-31(12-13-32(17-27(36)37)18-28(38)39)15-24(33(19-29(40)41)20-30(42)43)21-47-48(44,45)46-14-11-25(22-7-3-1-4-8-22)23-9-5-2-6-10-23/h1-10,24-25H,11-21H2,(H,34,35)(H,36,37)(H,38,39)(H,40,41)(H,42,43)(H,44,45). The van der Waals surface area contributed by atoms with Crippen molar-refractivity contribution < 1.29 is 68.0 Å². The number of carbonyl (C=O) groups is 5. The number of hydrogen-bond acceptors (Lipinski definition) is 11. The largest absolute Gasteiger partial charge is 0.480 e. The molecule has 2 aromatic rings. The lowest BCUT2D eigenvalue weighted by molar-refractivity contribution is -0.145. The molecule has 264 valence electrons. The van der Waals surface area contributed by atoms with Crippen LogP contribution in [0.25, 0.3) is 0 Å². The first-order valence-corrected chi connectivity index (χ1v) is 16.1. The van der Waals surface area contributed by atoms with E-state index in [2.05, 4.69) is 0 Å². The van der Waals surface area contributed by atoms with Crippen molar-refractivity contribution in [3.05, 3.63) is 71.8 Å². The fourth-order valence-electron chi connectivity index (χ4n) is 4.94. The Bertz CT molecular complexity index is 1330. The van der Waals surface area contributed by atoms with Gasteiger partial charge < -0.3 is 30.4 Å². The topological polar surface area (TPSA) is 252 Å². The Labute approximate surface area is 276 Å². The van der Waals surface area contributed by atoms with Crippen molar-refractivity contribution in [2.24, 2.45) is 0 Å². The maximum atomic E-state index is 13.0. The molecule has 2 aromatic carbocycles. The summed E-state index contributed by atoms with van der Waals surface area (Å²) in [5, 5.41) is 46.5. The van der Waals surface area contributed by atoms with Gasteiger partial charge in [-0.3, -0.25) is 47.7 Å². The van der Waals surface area contributed by atoms with Gasteiger partial charge in [-0.1, -0.05) is 60.7 Å². The van der Waals surface area contributed by atoms with Gasteiger partial charge in [0.25, 0.3) is 0 Å². The highest BCUT2D eigenvalue weighted by molar-refractivity contribution is 7.47. The zero-order chi connectivity index (χ0) is 35.7. The molecule has 0 saturated carbocycles. The van der Waals surface area contributed by atoms with Gasteiger partial charge in [-0.15, -0.1) is 0 Å². The highest BCUT2D eigenvalue weighted by atomic mass is 31.2. The second-order valence-corrected chi connectivity index (χ2v) is 12.2. The maximum absolute atomic E-state index is 13.0. The van der Waals surface area contributed by atoms with Gasteiger partial charge in [0.1, 0.15) is 0 Å². The van der Waals surface area contributed by atoms with Crippen LogP contribution < -0.4 is 0 Å². The molecule has 0 aromatic heterocycles.